The number of rotatable bonds is 4. The van der Waals surface area contributed by atoms with Crippen molar-refractivity contribution in [3.8, 4) is 0 Å². The van der Waals surface area contributed by atoms with Gasteiger partial charge in [-0.05, 0) is 25.7 Å². The third kappa shape index (κ3) is 3.64. The number of alkyl halides is 2. The van der Waals surface area contributed by atoms with E-state index in [1.165, 1.54) is 6.42 Å². The maximum atomic E-state index is 13.2. The van der Waals surface area contributed by atoms with Crippen LogP contribution in [0.5, 0.6) is 0 Å². The van der Waals surface area contributed by atoms with E-state index in [9.17, 15) is 8.78 Å². The van der Waals surface area contributed by atoms with Crippen molar-refractivity contribution in [3.63, 3.8) is 0 Å². The summed E-state index contributed by atoms with van der Waals surface area (Å²) in [6.07, 6.45) is 3.23. The minimum absolute atomic E-state index is 0.0950. The molecule has 1 aliphatic carbocycles. The number of hydrogen-bond donors (Lipinski definition) is 1. The monoisotopic (exact) mass is 260 g/mol. The van der Waals surface area contributed by atoms with Gasteiger partial charge in [-0.1, -0.05) is 13.3 Å². The number of piperazine rings is 1. The normalized spacial score (nSPS) is 37.0. The third-order valence-electron chi connectivity index (χ3n) is 4.35. The Labute approximate surface area is 109 Å². The fourth-order valence-corrected chi connectivity index (χ4v) is 3.40. The van der Waals surface area contributed by atoms with Gasteiger partial charge in [0.25, 0.3) is 0 Å². The lowest BCUT2D eigenvalue weighted by atomic mass is 10.0. The molecule has 2 rings (SSSR count). The van der Waals surface area contributed by atoms with Crippen LogP contribution < -0.4 is 5.32 Å². The fourth-order valence-electron chi connectivity index (χ4n) is 3.40. The molecule has 106 valence electrons. The molecular formula is C14H26F2N2. The summed E-state index contributed by atoms with van der Waals surface area (Å²) in [7, 11) is 0. The van der Waals surface area contributed by atoms with Crippen LogP contribution in [0.2, 0.25) is 0 Å². The SMILES string of the molecule is CCCC1CNC(C)CN1CC1CCC(F)(F)C1. The molecule has 18 heavy (non-hydrogen) atoms. The van der Waals surface area contributed by atoms with Gasteiger partial charge in [0.05, 0.1) is 0 Å². The second-order valence-electron chi connectivity index (χ2n) is 6.17. The minimum atomic E-state index is -2.40. The Hall–Kier alpha value is -0.220. The number of nitrogens with zero attached hydrogens (tertiary/aromatic N) is 1. The highest BCUT2D eigenvalue weighted by Gasteiger charge is 2.40. The summed E-state index contributed by atoms with van der Waals surface area (Å²) in [6.45, 7) is 7.26. The summed E-state index contributed by atoms with van der Waals surface area (Å²) >= 11 is 0. The van der Waals surface area contributed by atoms with E-state index in [2.05, 4.69) is 24.1 Å². The van der Waals surface area contributed by atoms with Gasteiger partial charge in [-0.15, -0.1) is 0 Å². The zero-order valence-corrected chi connectivity index (χ0v) is 11.6. The van der Waals surface area contributed by atoms with Gasteiger partial charge in [0.1, 0.15) is 0 Å². The molecule has 3 unspecified atom stereocenters. The van der Waals surface area contributed by atoms with Crippen LogP contribution in [0.1, 0.15) is 46.0 Å². The quantitative estimate of drug-likeness (QED) is 0.836. The Morgan fingerprint density at radius 2 is 2.17 bits per heavy atom. The molecule has 1 N–H and O–H groups in total. The molecule has 1 saturated carbocycles. The molecule has 0 radical (unpaired) electrons. The zero-order valence-electron chi connectivity index (χ0n) is 11.6. The Morgan fingerprint density at radius 1 is 1.39 bits per heavy atom. The first-order valence-corrected chi connectivity index (χ1v) is 7.35. The van der Waals surface area contributed by atoms with E-state index in [-0.39, 0.29) is 18.8 Å². The van der Waals surface area contributed by atoms with Crippen molar-refractivity contribution in [1.29, 1.82) is 0 Å². The highest BCUT2D eigenvalue weighted by atomic mass is 19.3. The summed E-state index contributed by atoms with van der Waals surface area (Å²) < 4.78 is 26.5. The van der Waals surface area contributed by atoms with Crippen molar-refractivity contribution < 1.29 is 8.78 Å². The van der Waals surface area contributed by atoms with E-state index in [4.69, 9.17) is 0 Å². The first-order valence-electron chi connectivity index (χ1n) is 7.35. The van der Waals surface area contributed by atoms with Crippen molar-refractivity contribution in [2.24, 2.45) is 5.92 Å². The Kier molecular flexibility index (Phi) is 4.59. The van der Waals surface area contributed by atoms with Crippen LogP contribution in [0.25, 0.3) is 0 Å². The summed E-state index contributed by atoms with van der Waals surface area (Å²) in [4.78, 5) is 2.46. The number of halogens is 2. The Morgan fingerprint density at radius 3 is 2.78 bits per heavy atom. The summed E-state index contributed by atoms with van der Waals surface area (Å²) in [5.74, 6) is -2.20. The molecule has 1 aliphatic heterocycles. The molecule has 4 heteroatoms. The molecule has 0 aromatic heterocycles. The topological polar surface area (TPSA) is 15.3 Å². The Bertz CT molecular complexity index is 271. The second-order valence-corrected chi connectivity index (χ2v) is 6.17. The molecule has 1 heterocycles. The minimum Gasteiger partial charge on any atom is -0.311 e. The van der Waals surface area contributed by atoms with Gasteiger partial charge in [-0.2, -0.15) is 0 Å². The van der Waals surface area contributed by atoms with Crippen molar-refractivity contribution in [2.75, 3.05) is 19.6 Å². The van der Waals surface area contributed by atoms with E-state index < -0.39 is 5.92 Å². The summed E-state index contributed by atoms with van der Waals surface area (Å²) in [6, 6.07) is 1.03. The predicted molar refractivity (Wildman–Crippen MR) is 70.0 cm³/mol. The van der Waals surface area contributed by atoms with Gasteiger partial charge >= 0.3 is 0 Å². The molecule has 2 fully saturated rings. The predicted octanol–water partition coefficient (Wildman–Crippen LogP) is 2.88. The summed E-state index contributed by atoms with van der Waals surface area (Å²) in [5, 5.41) is 3.50. The van der Waals surface area contributed by atoms with Crippen LogP contribution in [-0.2, 0) is 0 Å². The van der Waals surface area contributed by atoms with Gasteiger partial charge in [0, 0.05) is 44.6 Å². The van der Waals surface area contributed by atoms with Crippen LogP contribution in [0, 0.1) is 5.92 Å². The molecule has 2 nitrogen and oxygen atoms in total. The van der Waals surface area contributed by atoms with Crippen molar-refractivity contribution in [2.45, 2.75) is 64.0 Å². The average Bonchev–Trinajstić information content (AvgIpc) is 2.62. The lowest BCUT2D eigenvalue weighted by Gasteiger charge is -2.40. The van der Waals surface area contributed by atoms with Crippen molar-refractivity contribution in [1.82, 2.24) is 10.2 Å². The number of nitrogens with one attached hydrogen (secondary N) is 1. The highest BCUT2D eigenvalue weighted by Crippen LogP contribution is 2.39. The third-order valence-corrected chi connectivity index (χ3v) is 4.35. The standard InChI is InChI=1S/C14H26F2N2/c1-3-4-13-8-17-11(2)9-18(13)10-12-5-6-14(15,16)7-12/h11-13,17H,3-10H2,1-2H3. The largest absolute Gasteiger partial charge is 0.311 e. The van der Waals surface area contributed by atoms with Crippen LogP contribution >= 0.6 is 0 Å². The lowest BCUT2D eigenvalue weighted by Crippen LogP contribution is -2.56. The maximum Gasteiger partial charge on any atom is 0.248 e. The van der Waals surface area contributed by atoms with Gasteiger partial charge in [0.2, 0.25) is 5.92 Å². The van der Waals surface area contributed by atoms with Gasteiger partial charge in [-0.25, -0.2) is 8.78 Å². The van der Waals surface area contributed by atoms with Crippen LogP contribution in [0.4, 0.5) is 8.78 Å². The average molecular weight is 260 g/mol. The molecule has 2 aliphatic rings. The molecule has 0 amide bonds. The smallest absolute Gasteiger partial charge is 0.248 e. The van der Waals surface area contributed by atoms with Crippen LogP contribution in [0.15, 0.2) is 0 Å². The van der Waals surface area contributed by atoms with Crippen LogP contribution in [-0.4, -0.2) is 42.5 Å². The zero-order chi connectivity index (χ0) is 13.2. The van der Waals surface area contributed by atoms with Gasteiger partial charge in [-0.3, -0.25) is 4.90 Å². The fraction of sp³-hybridized carbons (Fsp3) is 1.00. The van der Waals surface area contributed by atoms with Gasteiger partial charge < -0.3 is 5.32 Å². The van der Waals surface area contributed by atoms with Crippen molar-refractivity contribution in [3.05, 3.63) is 0 Å². The first kappa shape index (κ1) is 14.2. The van der Waals surface area contributed by atoms with E-state index in [1.807, 2.05) is 0 Å². The first-order chi connectivity index (χ1) is 8.50. The maximum absolute atomic E-state index is 13.2. The van der Waals surface area contributed by atoms with E-state index in [1.54, 1.807) is 0 Å². The molecular weight excluding hydrogens is 234 g/mol. The van der Waals surface area contributed by atoms with Gasteiger partial charge in [0.15, 0.2) is 0 Å². The second kappa shape index (κ2) is 5.83. The van der Waals surface area contributed by atoms with E-state index >= 15 is 0 Å². The van der Waals surface area contributed by atoms with Crippen molar-refractivity contribution >= 4 is 0 Å². The molecule has 1 saturated heterocycles. The number of hydrogen-bond acceptors (Lipinski definition) is 2. The molecule has 0 spiro atoms. The molecule has 0 aromatic carbocycles. The van der Waals surface area contributed by atoms with E-state index in [0.29, 0.717) is 18.5 Å². The van der Waals surface area contributed by atoms with Crippen LogP contribution in [0.3, 0.4) is 0 Å². The molecule has 0 aromatic rings. The highest BCUT2D eigenvalue weighted by molar-refractivity contribution is 4.89. The molecule has 0 bridgehead atoms. The lowest BCUT2D eigenvalue weighted by molar-refractivity contribution is 0.00157. The molecule has 3 atom stereocenters. The summed E-state index contributed by atoms with van der Waals surface area (Å²) in [5.41, 5.74) is 0. The Balaban J connectivity index is 1.88. The van der Waals surface area contributed by atoms with E-state index in [0.717, 1.165) is 26.1 Å².